The lowest BCUT2D eigenvalue weighted by atomic mass is 9.48. The zero-order chi connectivity index (χ0) is 21.2. The lowest BCUT2D eigenvalue weighted by Crippen LogP contribution is -2.55. The number of hydrogen-bond acceptors (Lipinski definition) is 3. The summed E-state index contributed by atoms with van der Waals surface area (Å²) in [7, 11) is 0. The van der Waals surface area contributed by atoms with E-state index in [1.807, 2.05) is 0 Å². The van der Waals surface area contributed by atoms with Gasteiger partial charge in [-0.3, -0.25) is 9.59 Å². The molecule has 0 saturated heterocycles. The third-order valence-corrected chi connectivity index (χ3v) is 9.25. The zero-order valence-electron chi connectivity index (χ0n) is 16.9. The molecular weight excluding hydrogens is 385 g/mol. The molecule has 164 valence electrons. The van der Waals surface area contributed by atoms with Gasteiger partial charge in [0.25, 0.3) is 0 Å². The molecule has 0 aromatic carbocycles. The lowest BCUT2D eigenvalue weighted by molar-refractivity contribution is -0.282. The number of Topliss-reactive ketones (excluding diaryl/α,β-unsaturated/α-hetero) is 1. The summed E-state index contributed by atoms with van der Waals surface area (Å²) in [5, 5.41) is 19.2. The van der Waals surface area contributed by atoms with Gasteiger partial charge in [0.1, 0.15) is 12.2 Å². The molecular formula is C22H31F3O4. The van der Waals surface area contributed by atoms with Crippen molar-refractivity contribution in [2.24, 2.45) is 40.9 Å². The van der Waals surface area contributed by atoms with Crippen LogP contribution in [0.2, 0.25) is 0 Å². The minimum Gasteiger partial charge on any atom is -0.481 e. The fraction of sp³-hybridized carbons (Fsp3) is 0.909. The lowest BCUT2D eigenvalue weighted by Gasteiger charge is -2.57. The SMILES string of the molecule is C[C@]12CC[C@H]3[C@@H](CC[C@@H]4C[C@@](O)(C(F)(F)F)CC[C@@H]43)[C@@H]1CC[C@@H]2C(=O)CC(=O)O. The fourth-order valence-electron chi connectivity index (χ4n) is 7.94. The quantitative estimate of drug-likeness (QED) is 0.660. The third kappa shape index (κ3) is 3.31. The van der Waals surface area contributed by atoms with Gasteiger partial charge < -0.3 is 10.2 Å². The summed E-state index contributed by atoms with van der Waals surface area (Å²) in [6, 6.07) is 0. The maximum atomic E-state index is 13.3. The summed E-state index contributed by atoms with van der Waals surface area (Å²) in [5.41, 5.74) is -2.71. The van der Waals surface area contributed by atoms with E-state index in [0.29, 0.717) is 30.6 Å². The molecule has 4 fully saturated rings. The number of carbonyl (C=O) groups is 2. The number of halogens is 3. The smallest absolute Gasteiger partial charge is 0.417 e. The van der Waals surface area contributed by atoms with Crippen LogP contribution in [-0.2, 0) is 9.59 Å². The molecule has 0 spiro atoms. The molecule has 8 atom stereocenters. The number of fused-ring (bicyclic) bond motifs is 5. The van der Waals surface area contributed by atoms with E-state index < -0.39 is 24.2 Å². The van der Waals surface area contributed by atoms with Crippen LogP contribution >= 0.6 is 0 Å². The molecule has 4 aliphatic carbocycles. The molecule has 0 unspecified atom stereocenters. The van der Waals surface area contributed by atoms with E-state index >= 15 is 0 Å². The summed E-state index contributed by atoms with van der Waals surface area (Å²) in [6.45, 7) is 2.14. The Labute approximate surface area is 169 Å². The molecule has 4 rings (SSSR count). The number of aliphatic hydroxyl groups is 1. The van der Waals surface area contributed by atoms with Crippen molar-refractivity contribution in [2.75, 3.05) is 0 Å². The summed E-state index contributed by atoms with van der Waals surface area (Å²) >= 11 is 0. The Balaban J connectivity index is 1.50. The second-order valence-electron chi connectivity index (χ2n) is 10.4. The minimum atomic E-state index is -4.57. The first-order valence-corrected chi connectivity index (χ1v) is 11.0. The molecule has 0 aromatic rings. The van der Waals surface area contributed by atoms with Gasteiger partial charge in [-0.25, -0.2) is 0 Å². The Kier molecular flexibility index (Phi) is 5.07. The van der Waals surface area contributed by atoms with Gasteiger partial charge in [0.15, 0.2) is 5.60 Å². The molecule has 4 aliphatic rings. The number of aliphatic carboxylic acids is 1. The van der Waals surface area contributed by atoms with E-state index in [9.17, 15) is 27.9 Å². The van der Waals surface area contributed by atoms with Gasteiger partial charge in [-0.05, 0) is 92.8 Å². The van der Waals surface area contributed by atoms with Gasteiger partial charge in [-0.2, -0.15) is 13.2 Å². The van der Waals surface area contributed by atoms with Crippen molar-refractivity contribution in [3.8, 4) is 0 Å². The number of carboxylic acids is 1. The number of rotatable bonds is 3. The van der Waals surface area contributed by atoms with Crippen molar-refractivity contribution < 1.29 is 33.0 Å². The van der Waals surface area contributed by atoms with Crippen LogP contribution in [0.15, 0.2) is 0 Å². The minimum absolute atomic E-state index is 0.0770. The molecule has 0 radical (unpaired) electrons. The largest absolute Gasteiger partial charge is 0.481 e. The van der Waals surface area contributed by atoms with Gasteiger partial charge in [-0.1, -0.05) is 6.92 Å². The predicted molar refractivity (Wildman–Crippen MR) is 98.9 cm³/mol. The average Bonchev–Trinajstić information content (AvgIpc) is 2.97. The summed E-state index contributed by atoms with van der Waals surface area (Å²) in [4.78, 5) is 23.6. The number of alkyl halides is 3. The summed E-state index contributed by atoms with van der Waals surface area (Å²) < 4.78 is 40.0. The predicted octanol–water partition coefficient (Wildman–Crippen LogP) is 4.59. The highest BCUT2D eigenvalue weighted by molar-refractivity contribution is 5.96. The van der Waals surface area contributed by atoms with Gasteiger partial charge in [-0.15, -0.1) is 0 Å². The highest BCUT2D eigenvalue weighted by atomic mass is 19.4. The maximum Gasteiger partial charge on any atom is 0.417 e. The second-order valence-corrected chi connectivity index (χ2v) is 10.4. The molecule has 0 heterocycles. The van der Waals surface area contributed by atoms with E-state index in [1.54, 1.807) is 0 Å². The van der Waals surface area contributed by atoms with Crippen LogP contribution in [0, 0.1) is 40.9 Å². The number of hydrogen-bond donors (Lipinski definition) is 2. The number of carbonyl (C=O) groups excluding carboxylic acids is 1. The molecule has 4 nitrogen and oxygen atoms in total. The van der Waals surface area contributed by atoms with E-state index in [-0.39, 0.29) is 41.8 Å². The fourth-order valence-corrected chi connectivity index (χ4v) is 7.94. The third-order valence-electron chi connectivity index (χ3n) is 9.25. The van der Waals surface area contributed by atoms with Crippen LogP contribution in [0.1, 0.15) is 71.1 Å². The van der Waals surface area contributed by atoms with Crippen molar-refractivity contribution in [2.45, 2.75) is 82.9 Å². The van der Waals surface area contributed by atoms with Crippen molar-refractivity contribution >= 4 is 11.8 Å². The van der Waals surface area contributed by atoms with Crippen molar-refractivity contribution in [1.82, 2.24) is 0 Å². The Hall–Kier alpha value is -1.11. The van der Waals surface area contributed by atoms with Gasteiger partial charge in [0.2, 0.25) is 0 Å². The van der Waals surface area contributed by atoms with E-state index in [0.717, 1.165) is 32.1 Å². The Morgan fingerprint density at radius 2 is 1.66 bits per heavy atom. The van der Waals surface area contributed by atoms with E-state index in [1.165, 1.54) is 0 Å². The van der Waals surface area contributed by atoms with Crippen LogP contribution in [0.4, 0.5) is 13.2 Å². The van der Waals surface area contributed by atoms with Gasteiger partial charge in [0.05, 0.1) is 0 Å². The first-order valence-electron chi connectivity index (χ1n) is 11.0. The molecule has 2 N–H and O–H groups in total. The molecule has 29 heavy (non-hydrogen) atoms. The highest BCUT2D eigenvalue weighted by Gasteiger charge is 2.62. The molecule has 0 bridgehead atoms. The molecule has 7 heteroatoms. The Bertz CT molecular complexity index is 692. The van der Waals surface area contributed by atoms with Crippen LogP contribution in [-0.4, -0.2) is 33.7 Å². The average molecular weight is 416 g/mol. The monoisotopic (exact) mass is 416 g/mol. The zero-order valence-corrected chi connectivity index (χ0v) is 16.9. The molecule has 0 amide bonds. The second kappa shape index (κ2) is 6.96. The first-order chi connectivity index (χ1) is 13.5. The topological polar surface area (TPSA) is 74.6 Å². The Morgan fingerprint density at radius 1 is 0.966 bits per heavy atom. The molecule has 0 aliphatic heterocycles. The summed E-state index contributed by atoms with van der Waals surface area (Å²) in [5.74, 6) is -0.148. The van der Waals surface area contributed by atoms with Crippen LogP contribution < -0.4 is 0 Å². The first kappa shape index (κ1) is 21.1. The van der Waals surface area contributed by atoms with Crippen LogP contribution in [0.3, 0.4) is 0 Å². The van der Waals surface area contributed by atoms with Crippen LogP contribution in [0.5, 0.6) is 0 Å². The number of ketones is 1. The van der Waals surface area contributed by atoms with Crippen molar-refractivity contribution in [1.29, 1.82) is 0 Å². The maximum absolute atomic E-state index is 13.3. The van der Waals surface area contributed by atoms with E-state index in [2.05, 4.69) is 6.92 Å². The van der Waals surface area contributed by atoms with Gasteiger partial charge >= 0.3 is 12.1 Å². The number of carboxylic acid groups (broad SMARTS) is 1. The Morgan fingerprint density at radius 3 is 2.31 bits per heavy atom. The normalized spacial score (nSPS) is 47.1. The highest BCUT2D eigenvalue weighted by Crippen LogP contribution is 2.65. The van der Waals surface area contributed by atoms with Crippen LogP contribution in [0.25, 0.3) is 0 Å². The van der Waals surface area contributed by atoms with Crippen molar-refractivity contribution in [3.05, 3.63) is 0 Å². The molecule has 4 saturated carbocycles. The van der Waals surface area contributed by atoms with E-state index in [4.69, 9.17) is 5.11 Å². The standard InChI is InChI=1S/C22H31F3O4/c1-20-8-6-14-13-7-9-21(29,22(23,24)25)11-12(13)2-3-15(14)16(20)4-5-17(20)18(26)10-19(27)28/h12-17,29H,2-11H2,1H3,(H,27,28)/t12-,13+,14-,15-,16+,17-,20+,21-/m1/s1. The van der Waals surface area contributed by atoms with Gasteiger partial charge in [0, 0.05) is 5.92 Å². The van der Waals surface area contributed by atoms with Crippen molar-refractivity contribution in [3.63, 3.8) is 0 Å². The molecule has 0 aromatic heterocycles. The summed E-state index contributed by atoms with van der Waals surface area (Å²) in [6.07, 6.45) is 0.0360.